The Morgan fingerprint density at radius 1 is 1.20 bits per heavy atom. The number of hydrogen-bond acceptors (Lipinski definition) is 5. The lowest BCUT2D eigenvalue weighted by molar-refractivity contribution is -0.384. The van der Waals surface area contributed by atoms with E-state index in [4.69, 9.17) is 0 Å². The molecule has 0 aliphatic rings. The average Bonchev–Trinajstić information content (AvgIpc) is 2.65. The van der Waals surface area contributed by atoms with Gasteiger partial charge in [0.2, 0.25) is 15.9 Å². The lowest BCUT2D eigenvalue weighted by atomic mass is 10.1. The molecule has 30 heavy (non-hydrogen) atoms. The van der Waals surface area contributed by atoms with Gasteiger partial charge in [-0.1, -0.05) is 35.9 Å². The summed E-state index contributed by atoms with van der Waals surface area (Å²) in [6.07, 6.45) is 2.47. The van der Waals surface area contributed by atoms with E-state index in [0.717, 1.165) is 17.0 Å². The molecule has 8 nitrogen and oxygen atoms in total. The van der Waals surface area contributed by atoms with Gasteiger partial charge in [0.05, 0.1) is 16.9 Å². The van der Waals surface area contributed by atoms with Crippen LogP contribution in [0.15, 0.2) is 42.5 Å². The maximum Gasteiger partial charge on any atom is 0.271 e. The number of anilines is 1. The second kappa shape index (κ2) is 9.71. The van der Waals surface area contributed by atoms with Crippen molar-refractivity contribution in [1.82, 2.24) is 5.32 Å². The van der Waals surface area contributed by atoms with Crippen LogP contribution in [0.4, 0.5) is 11.4 Å². The molecule has 0 heterocycles. The second-order valence-corrected chi connectivity index (χ2v) is 9.21. The Labute approximate surface area is 177 Å². The number of sulfonamides is 1. The fourth-order valence-electron chi connectivity index (χ4n) is 3.25. The van der Waals surface area contributed by atoms with Gasteiger partial charge in [0, 0.05) is 18.7 Å². The number of nitrogens with one attached hydrogen (secondary N) is 1. The number of aryl methyl sites for hydroxylation is 3. The minimum Gasteiger partial charge on any atom is -0.354 e. The van der Waals surface area contributed by atoms with Gasteiger partial charge in [-0.15, -0.1) is 0 Å². The number of carbonyl (C=O) groups is 1. The molecular formula is C21H27N3O5S. The summed E-state index contributed by atoms with van der Waals surface area (Å²) >= 11 is 0. The number of carbonyl (C=O) groups excluding carboxylic acids is 1. The van der Waals surface area contributed by atoms with E-state index in [-0.39, 0.29) is 11.4 Å². The molecule has 1 atom stereocenters. The lowest BCUT2D eigenvalue weighted by Gasteiger charge is -2.29. The second-order valence-electron chi connectivity index (χ2n) is 7.35. The van der Waals surface area contributed by atoms with Crippen LogP contribution < -0.4 is 9.62 Å². The third kappa shape index (κ3) is 6.03. The maximum absolute atomic E-state index is 12.6. The van der Waals surface area contributed by atoms with Crippen molar-refractivity contribution >= 4 is 27.3 Å². The highest BCUT2D eigenvalue weighted by Crippen LogP contribution is 2.29. The molecule has 0 aliphatic carbocycles. The molecule has 2 rings (SSSR count). The Morgan fingerprint density at radius 2 is 1.90 bits per heavy atom. The maximum atomic E-state index is 12.6. The molecule has 2 aromatic rings. The Bertz CT molecular complexity index is 1040. The first-order chi connectivity index (χ1) is 14.0. The number of nitro groups is 1. The predicted octanol–water partition coefficient (Wildman–Crippen LogP) is 3.12. The molecule has 1 N–H and O–H groups in total. The van der Waals surface area contributed by atoms with Gasteiger partial charge in [0.25, 0.3) is 5.69 Å². The van der Waals surface area contributed by atoms with Crippen molar-refractivity contribution in [2.45, 2.75) is 39.7 Å². The Balaban J connectivity index is 2.12. The molecule has 1 amide bonds. The van der Waals surface area contributed by atoms with Crippen LogP contribution in [0, 0.1) is 24.0 Å². The van der Waals surface area contributed by atoms with Crippen molar-refractivity contribution in [2.24, 2.45) is 0 Å². The first-order valence-electron chi connectivity index (χ1n) is 9.58. The van der Waals surface area contributed by atoms with Crippen LogP contribution in [0.2, 0.25) is 0 Å². The SMILES string of the molecule is Cc1cccc(CCCNC(=O)[C@H](C)N(c2cc([N+](=O)[O-])ccc2C)S(C)(=O)=O)c1. The van der Waals surface area contributed by atoms with E-state index in [2.05, 4.69) is 11.4 Å². The molecule has 0 saturated carbocycles. The normalized spacial score (nSPS) is 12.3. The largest absolute Gasteiger partial charge is 0.354 e. The van der Waals surface area contributed by atoms with Crippen LogP contribution in [0.3, 0.4) is 0 Å². The van der Waals surface area contributed by atoms with E-state index in [0.29, 0.717) is 18.5 Å². The van der Waals surface area contributed by atoms with Crippen molar-refractivity contribution in [1.29, 1.82) is 0 Å². The fourth-order valence-corrected chi connectivity index (χ4v) is 4.47. The Kier molecular flexibility index (Phi) is 7.55. The third-order valence-electron chi connectivity index (χ3n) is 4.75. The summed E-state index contributed by atoms with van der Waals surface area (Å²) < 4.78 is 25.8. The summed E-state index contributed by atoms with van der Waals surface area (Å²) in [5, 5.41) is 13.9. The first kappa shape index (κ1) is 23.3. The van der Waals surface area contributed by atoms with Gasteiger partial charge in [0.15, 0.2) is 0 Å². The van der Waals surface area contributed by atoms with Gasteiger partial charge in [-0.2, -0.15) is 0 Å². The summed E-state index contributed by atoms with van der Waals surface area (Å²) in [4.78, 5) is 23.2. The average molecular weight is 434 g/mol. The van der Waals surface area contributed by atoms with Gasteiger partial charge < -0.3 is 5.32 Å². The van der Waals surface area contributed by atoms with E-state index in [1.165, 1.54) is 36.2 Å². The van der Waals surface area contributed by atoms with Crippen LogP contribution >= 0.6 is 0 Å². The number of rotatable bonds is 9. The van der Waals surface area contributed by atoms with Crippen molar-refractivity contribution in [3.63, 3.8) is 0 Å². The van der Waals surface area contributed by atoms with Crippen LogP contribution in [0.5, 0.6) is 0 Å². The number of nitrogens with zero attached hydrogens (tertiary/aromatic N) is 2. The Morgan fingerprint density at radius 3 is 2.50 bits per heavy atom. The van der Waals surface area contributed by atoms with E-state index in [9.17, 15) is 23.3 Å². The first-order valence-corrected chi connectivity index (χ1v) is 11.4. The molecule has 0 bridgehead atoms. The number of amides is 1. The number of benzene rings is 2. The number of hydrogen-bond donors (Lipinski definition) is 1. The van der Waals surface area contributed by atoms with Crippen molar-refractivity contribution in [2.75, 3.05) is 17.1 Å². The van der Waals surface area contributed by atoms with Gasteiger partial charge in [-0.3, -0.25) is 19.2 Å². The molecule has 0 fully saturated rings. The standard InChI is InChI=1S/C21H27N3O5S/c1-15-7-5-8-18(13-15)9-6-12-22-21(25)17(3)23(30(4,28)29)20-14-19(24(26)27)11-10-16(20)2/h5,7-8,10-11,13-14,17H,6,9,12H2,1-4H3,(H,22,25)/t17-/m0/s1. The molecule has 162 valence electrons. The zero-order chi connectivity index (χ0) is 22.5. The number of nitro benzene ring substituents is 1. The molecule has 0 unspecified atom stereocenters. The van der Waals surface area contributed by atoms with Gasteiger partial charge in [0.1, 0.15) is 6.04 Å². The molecule has 0 aliphatic heterocycles. The van der Waals surface area contributed by atoms with Crippen LogP contribution in [0.1, 0.15) is 30.0 Å². The zero-order valence-electron chi connectivity index (χ0n) is 17.6. The van der Waals surface area contributed by atoms with E-state index < -0.39 is 26.9 Å². The third-order valence-corrected chi connectivity index (χ3v) is 5.98. The molecule has 0 saturated heterocycles. The van der Waals surface area contributed by atoms with Crippen LogP contribution in [-0.2, 0) is 21.2 Å². The predicted molar refractivity (Wildman–Crippen MR) is 117 cm³/mol. The van der Waals surface area contributed by atoms with Gasteiger partial charge >= 0.3 is 0 Å². The fraction of sp³-hybridized carbons (Fsp3) is 0.381. The zero-order valence-corrected chi connectivity index (χ0v) is 18.4. The smallest absolute Gasteiger partial charge is 0.271 e. The Hall–Kier alpha value is -2.94. The van der Waals surface area contributed by atoms with Crippen LogP contribution in [-0.4, -0.2) is 38.1 Å². The number of non-ortho nitro benzene ring substituents is 1. The summed E-state index contributed by atoms with van der Waals surface area (Å²) in [5.41, 5.74) is 2.73. The molecule has 0 spiro atoms. The van der Waals surface area contributed by atoms with E-state index in [1.807, 2.05) is 25.1 Å². The summed E-state index contributed by atoms with van der Waals surface area (Å²) in [5.74, 6) is -0.462. The quantitative estimate of drug-likeness (QED) is 0.371. The molecule has 0 aromatic heterocycles. The molecule has 2 aromatic carbocycles. The van der Waals surface area contributed by atoms with E-state index in [1.54, 1.807) is 6.92 Å². The van der Waals surface area contributed by atoms with Gasteiger partial charge in [-0.25, -0.2) is 8.42 Å². The minimum atomic E-state index is -3.86. The lowest BCUT2D eigenvalue weighted by Crippen LogP contribution is -2.48. The molecule has 0 radical (unpaired) electrons. The van der Waals surface area contributed by atoms with Crippen molar-refractivity contribution in [3.8, 4) is 0 Å². The monoisotopic (exact) mass is 433 g/mol. The van der Waals surface area contributed by atoms with E-state index >= 15 is 0 Å². The van der Waals surface area contributed by atoms with Gasteiger partial charge in [-0.05, 0) is 44.7 Å². The summed E-state index contributed by atoms with van der Waals surface area (Å²) in [6.45, 7) is 5.52. The van der Waals surface area contributed by atoms with Crippen molar-refractivity contribution < 1.29 is 18.1 Å². The highest BCUT2D eigenvalue weighted by atomic mass is 32.2. The molecule has 9 heteroatoms. The summed E-state index contributed by atoms with van der Waals surface area (Å²) in [7, 11) is -3.86. The van der Waals surface area contributed by atoms with Crippen LogP contribution in [0.25, 0.3) is 0 Å². The summed E-state index contributed by atoms with van der Waals surface area (Å²) in [6, 6.07) is 11.0. The topological polar surface area (TPSA) is 110 Å². The van der Waals surface area contributed by atoms with Crippen molar-refractivity contribution in [3.05, 3.63) is 69.3 Å². The highest BCUT2D eigenvalue weighted by Gasteiger charge is 2.31. The highest BCUT2D eigenvalue weighted by molar-refractivity contribution is 7.92. The molecular weight excluding hydrogens is 406 g/mol. The minimum absolute atomic E-state index is 0.120.